The number of aromatic hydroxyl groups is 1. The molecule has 3 heteroatoms. The highest BCUT2D eigenvalue weighted by Crippen LogP contribution is 2.11. The van der Waals surface area contributed by atoms with Crippen LogP contribution in [0, 0.1) is 11.3 Å². The SMILES string of the molecule is CC(Cc1ccc(O)cc1)NCc1ccc(C#N)cc1. The number of phenolic OH excluding ortho intramolecular Hbond substituents is 1. The molecule has 0 amide bonds. The lowest BCUT2D eigenvalue weighted by molar-refractivity contribution is 0.474. The van der Waals surface area contributed by atoms with E-state index in [1.165, 1.54) is 11.1 Å². The van der Waals surface area contributed by atoms with Crippen LogP contribution >= 0.6 is 0 Å². The first-order valence-corrected chi connectivity index (χ1v) is 6.67. The van der Waals surface area contributed by atoms with Gasteiger partial charge in [-0.15, -0.1) is 0 Å². The van der Waals surface area contributed by atoms with E-state index in [2.05, 4.69) is 18.3 Å². The molecule has 2 aromatic rings. The average Bonchev–Trinajstić information content (AvgIpc) is 2.48. The Bertz CT molecular complexity index is 582. The van der Waals surface area contributed by atoms with Crippen LogP contribution in [0.25, 0.3) is 0 Å². The fourth-order valence-corrected chi connectivity index (χ4v) is 2.05. The monoisotopic (exact) mass is 266 g/mol. The molecular formula is C17H18N2O. The summed E-state index contributed by atoms with van der Waals surface area (Å²) in [5.41, 5.74) is 3.05. The predicted octanol–water partition coefficient (Wildman–Crippen LogP) is 2.98. The minimum absolute atomic E-state index is 0.298. The number of rotatable bonds is 5. The van der Waals surface area contributed by atoms with Gasteiger partial charge in [-0.25, -0.2) is 0 Å². The van der Waals surface area contributed by atoms with Crippen molar-refractivity contribution in [3.63, 3.8) is 0 Å². The molecule has 3 nitrogen and oxygen atoms in total. The predicted molar refractivity (Wildman–Crippen MR) is 79.3 cm³/mol. The Hall–Kier alpha value is -2.31. The van der Waals surface area contributed by atoms with Crippen molar-refractivity contribution >= 4 is 0 Å². The molecule has 0 radical (unpaired) electrons. The molecule has 1 unspecified atom stereocenters. The van der Waals surface area contributed by atoms with Gasteiger partial charge in [0.15, 0.2) is 0 Å². The second kappa shape index (κ2) is 6.74. The Kier molecular flexibility index (Phi) is 4.75. The van der Waals surface area contributed by atoms with E-state index in [-0.39, 0.29) is 0 Å². The first-order valence-electron chi connectivity index (χ1n) is 6.67. The van der Waals surface area contributed by atoms with E-state index in [4.69, 9.17) is 5.26 Å². The molecule has 0 saturated carbocycles. The Morgan fingerprint density at radius 3 is 2.25 bits per heavy atom. The molecule has 0 saturated heterocycles. The molecule has 0 aliphatic heterocycles. The van der Waals surface area contributed by atoms with E-state index < -0.39 is 0 Å². The third-order valence-corrected chi connectivity index (χ3v) is 3.22. The van der Waals surface area contributed by atoms with Crippen molar-refractivity contribution in [3.05, 3.63) is 65.2 Å². The maximum atomic E-state index is 9.25. The Morgan fingerprint density at radius 2 is 1.65 bits per heavy atom. The quantitative estimate of drug-likeness (QED) is 0.874. The van der Waals surface area contributed by atoms with Gasteiger partial charge in [0, 0.05) is 12.6 Å². The van der Waals surface area contributed by atoms with Crippen molar-refractivity contribution in [2.45, 2.75) is 25.9 Å². The summed E-state index contributed by atoms with van der Waals surface area (Å²) < 4.78 is 0. The first-order chi connectivity index (χ1) is 9.67. The van der Waals surface area contributed by atoms with Crippen molar-refractivity contribution in [3.8, 4) is 11.8 Å². The summed E-state index contributed by atoms with van der Waals surface area (Å²) in [5.74, 6) is 0.298. The summed E-state index contributed by atoms with van der Waals surface area (Å²) >= 11 is 0. The number of benzene rings is 2. The third-order valence-electron chi connectivity index (χ3n) is 3.22. The summed E-state index contributed by atoms with van der Waals surface area (Å²) in [6, 6.07) is 17.4. The van der Waals surface area contributed by atoms with E-state index in [0.717, 1.165) is 13.0 Å². The zero-order valence-corrected chi connectivity index (χ0v) is 11.5. The van der Waals surface area contributed by atoms with E-state index in [1.54, 1.807) is 12.1 Å². The summed E-state index contributed by atoms with van der Waals surface area (Å²) in [5, 5.41) is 21.4. The number of nitrogens with one attached hydrogen (secondary N) is 1. The van der Waals surface area contributed by atoms with E-state index >= 15 is 0 Å². The van der Waals surface area contributed by atoms with Gasteiger partial charge in [-0.3, -0.25) is 0 Å². The van der Waals surface area contributed by atoms with Gasteiger partial charge in [0.05, 0.1) is 11.6 Å². The highest BCUT2D eigenvalue weighted by atomic mass is 16.3. The maximum Gasteiger partial charge on any atom is 0.115 e. The Balaban J connectivity index is 1.83. The van der Waals surface area contributed by atoms with Crippen LogP contribution in [-0.4, -0.2) is 11.1 Å². The molecule has 0 heterocycles. The summed E-state index contributed by atoms with van der Waals surface area (Å²) in [6.07, 6.45) is 0.913. The normalized spacial score (nSPS) is 11.8. The van der Waals surface area contributed by atoms with Crippen LogP contribution in [0.1, 0.15) is 23.6 Å². The third kappa shape index (κ3) is 4.11. The second-order valence-electron chi connectivity index (χ2n) is 4.96. The van der Waals surface area contributed by atoms with Crippen molar-refractivity contribution < 1.29 is 5.11 Å². The summed E-state index contributed by atoms with van der Waals surface area (Å²) in [7, 11) is 0. The lowest BCUT2D eigenvalue weighted by Gasteiger charge is -2.14. The molecule has 2 rings (SSSR count). The van der Waals surface area contributed by atoms with Gasteiger partial charge >= 0.3 is 0 Å². The van der Waals surface area contributed by atoms with Crippen LogP contribution in [0.3, 0.4) is 0 Å². The molecule has 0 aliphatic carbocycles. The van der Waals surface area contributed by atoms with Gasteiger partial charge in [-0.1, -0.05) is 24.3 Å². The van der Waals surface area contributed by atoms with Gasteiger partial charge in [0.25, 0.3) is 0 Å². The minimum Gasteiger partial charge on any atom is -0.508 e. The number of hydrogen-bond donors (Lipinski definition) is 2. The lowest BCUT2D eigenvalue weighted by Crippen LogP contribution is -2.27. The van der Waals surface area contributed by atoms with E-state index in [1.807, 2.05) is 36.4 Å². The maximum absolute atomic E-state index is 9.25. The first kappa shape index (κ1) is 14.1. The molecule has 0 bridgehead atoms. The molecule has 0 aromatic heterocycles. The van der Waals surface area contributed by atoms with E-state index in [9.17, 15) is 5.11 Å². The van der Waals surface area contributed by atoms with Crippen LogP contribution < -0.4 is 5.32 Å². The Labute approximate surface area is 119 Å². The van der Waals surface area contributed by atoms with Crippen molar-refractivity contribution in [2.24, 2.45) is 0 Å². The van der Waals surface area contributed by atoms with Crippen LogP contribution in [0.5, 0.6) is 5.75 Å². The second-order valence-corrected chi connectivity index (χ2v) is 4.96. The van der Waals surface area contributed by atoms with Crippen molar-refractivity contribution in [1.82, 2.24) is 5.32 Å². The fraction of sp³-hybridized carbons (Fsp3) is 0.235. The molecule has 102 valence electrons. The number of hydrogen-bond acceptors (Lipinski definition) is 3. The fourth-order valence-electron chi connectivity index (χ4n) is 2.05. The molecule has 2 N–H and O–H groups in total. The minimum atomic E-state index is 0.298. The Morgan fingerprint density at radius 1 is 1.05 bits per heavy atom. The number of nitriles is 1. The molecular weight excluding hydrogens is 248 g/mol. The van der Waals surface area contributed by atoms with Crippen LogP contribution in [0.15, 0.2) is 48.5 Å². The van der Waals surface area contributed by atoms with Gasteiger partial charge in [0.1, 0.15) is 5.75 Å². The molecule has 1 atom stereocenters. The zero-order valence-electron chi connectivity index (χ0n) is 11.5. The highest BCUT2D eigenvalue weighted by Gasteiger charge is 2.03. The standard InChI is InChI=1S/C17H18N2O/c1-13(10-14-6-8-17(20)9-7-14)19-12-16-4-2-15(11-18)3-5-16/h2-9,13,19-20H,10,12H2,1H3. The van der Waals surface area contributed by atoms with Crippen LogP contribution in [0.2, 0.25) is 0 Å². The number of nitrogens with zero attached hydrogens (tertiary/aromatic N) is 1. The van der Waals surface area contributed by atoms with Gasteiger partial charge in [-0.2, -0.15) is 5.26 Å². The molecule has 0 spiro atoms. The average molecular weight is 266 g/mol. The summed E-state index contributed by atoms with van der Waals surface area (Å²) in [6.45, 7) is 2.92. The highest BCUT2D eigenvalue weighted by molar-refractivity contribution is 5.31. The topological polar surface area (TPSA) is 56.0 Å². The van der Waals surface area contributed by atoms with Crippen molar-refractivity contribution in [2.75, 3.05) is 0 Å². The van der Waals surface area contributed by atoms with Crippen molar-refractivity contribution in [1.29, 1.82) is 5.26 Å². The largest absolute Gasteiger partial charge is 0.508 e. The molecule has 20 heavy (non-hydrogen) atoms. The zero-order chi connectivity index (χ0) is 14.4. The van der Waals surface area contributed by atoms with Gasteiger partial charge < -0.3 is 10.4 Å². The molecule has 0 fully saturated rings. The molecule has 0 aliphatic rings. The van der Waals surface area contributed by atoms with Gasteiger partial charge in [-0.05, 0) is 48.7 Å². The smallest absolute Gasteiger partial charge is 0.115 e. The van der Waals surface area contributed by atoms with Crippen LogP contribution in [-0.2, 0) is 13.0 Å². The lowest BCUT2D eigenvalue weighted by atomic mass is 10.1. The van der Waals surface area contributed by atoms with Gasteiger partial charge in [0.2, 0.25) is 0 Å². The number of phenols is 1. The van der Waals surface area contributed by atoms with Crippen LogP contribution in [0.4, 0.5) is 0 Å². The summed E-state index contributed by atoms with van der Waals surface area (Å²) in [4.78, 5) is 0. The molecule has 2 aromatic carbocycles. The van der Waals surface area contributed by atoms with E-state index in [0.29, 0.717) is 17.4 Å².